The monoisotopic (exact) mass is 425 g/mol. The van der Waals surface area contributed by atoms with Crippen molar-refractivity contribution < 1.29 is 18.0 Å². The van der Waals surface area contributed by atoms with Gasteiger partial charge in [-0.05, 0) is 44.4 Å². The summed E-state index contributed by atoms with van der Waals surface area (Å²) in [7, 11) is 0. The van der Waals surface area contributed by atoms with E-state index >= 15 is 0 Å². The smallest absolute Gasteiger partial charge is 0.339 e. The number of halogens is 4. The van der Waals surface area contributed by atoms with Crippen molar-refractivity contribution in [2.45, 2.75) is 39.4 Å². The summed E-state index contributed by atoms with van der Waals surface area (Å²) in [5.41, 5.74) is 3.32. The van der Waals surface area contributed by atoms with E-state index in [1.54, 1.807) is 10.8 Å². The zero-order valence-corrected chi connectivity index (χ0v) is 17.1. The van der Waals surface area contributed by atoms with Crippen LogP contribution in [0.2, 0.25) is 5.02 Å². The average Bonchev–Trinajstić information content (AvgIpc) is 2.94. The van der Waals surface area contributed by atoms with Gasteiger partial charge in [0, 0.05) is 35.4 Å². The molecule has 1 aliphatic rings. The summed E-state index contributed by atoms with van der Waals surface area (Å²) >= 11 is 6.22. The van der Waals surface area contributed by atoms with Gasteiger partial charge in [-0.15, -0.1) is 0 Å². The standard InChI is InChI=1S/C21H23ClF3N3O/c1-14-18(15(2)28(26-14)12-16-6-3-4-8-19(16)22)9-10-20(29)27-11-5-7-17(13-27)21(23,24)25/h3-4,6,8-10,17H,5,7,11-13H2,1-2H3/b10-9+. The molecule has 0 aliphatic carbocycles. The second kappa shape index (κ2) is 8.61. The Morgan fingerprint density at radius 2 is 2.03 bits per heavy atom. The minimum atomic E-state index is -4.27. The van der Waals surface area contributed by atoms with E-state index in [9.17, 15) is 18.0 Å². The summed E-state index contributed by atoms with van der Waals surface area (Å²) in [5.74, 6) is -1.85. The van der Waals surface area contributed by atoms with E-state index < -0.39 is 18.0 Å². The van der Waals surface area contributed by atoms with Crippen molar-refractivity contribution >= 4 is 23.6 Å². The lowest BCUT2D eigenvalue weighted by molar-refractivity contribution is -0.187. The minimum Gasteiger partial charge on any atom is -0.339 e. The van der Waals surface area contributed by atoms with Gasteiger partial charge in [-0.1, -0.05) is 29.8 Å². The Hall–Kier alpha value is -2.28. The predicted molar refractivity (Wildman–Crippen MR) is 107 cm³/mol. The highest BCUT2D eigenvalue weighted by Gasteiger charge is 2.42. The molecule has 0 bridgehead atoms. The molecule has 3 rings (SSSR count). The Kier molecular flexibility index (Phi) is 6.36. The number of likely N-dealkylation sites (tertiary alicyclic amines) is 1. The number of aromatic nitrogens is 2. The lowest BCUT2D eigenvalue weighted by atomic mass is 9.97. The highest BCUT2D eigenvalue weighted by atomic mass is 35.5. The van der Waals surface area contributed by atoms with Crippen LogP contribution in [-0.4, -0.2) is 39.9 Å². The number of piperidine rings is 1. The molecular weight excluding hydrogens is 403 g/mol. The Morgan fingerprint density at radius 1 is 1.31 bits per heavy atom. The Morgan fingerprint density at radius 3 is 2.72 bits per heavy atom. The van der Waals surface area contributed by atoms with Crippen LogP contribution in [0.25, 0.3) is 6.08 Å². The molecule has 156 valence electrons. The van der Waals surface area contributed by atoms with Crippen molar-refractivity contribution in [2.24, 2.45) is 5.92 Å². The Bertz CT molecular complexity index is 920. The molecular formula is C21H23ClF3N3O. The van der Waals surface area contributed by atoms with Crippen LogP contribution >= 0.6 is 11.6 Å². The molecule has 1 amide bonds. The van der Waals surface area contributed by atoms with Crippen molar-refractivity contribution in [1.82, 2.24) is 14.7 Å². The first kappa shape index (κ1) is 21.4. The zero-order valence-electron chi connectivity index (χ0n) is 16.3. The summed E-state index contributed by atoms with van der Waals surface area (Å²) in [5, 5.41) is 5.16. The van der Waals surface area contributed by atoms with Crippen LogP contribution in [0.3, 0.4) is 0 Å². The van der Waals surface area contributed by atoms with Gasteiger partial charge in [0.15, 0.2) is 0 Å². The molecule has 0 N–H and O–H groups in total. The normalized spacial score (nSPS) is 17.9. The molecule has 8 heteroatoms. The number of carbonyl (C=O) groups is 1. The highest BCUT2D eigenvalue weighted by Crippen LogP contribution is 2.33. The fourth-order valence-corrected chi connectivity index (χ4v) is 3.79. The number of aryl methyl sites for hydroxylation is 1. The fourth-order valence-electron chi connectivity index (χ4n) is 3.60. The van der Waals surface area contributed by atoms with Crippen LogP contribution in [0.5, 0.6) is 0 Å². The largest absolute Gasteiger partial charge is 0.393 e. The summed E-state index contributed by atoms with van der Waals surface area (Å²) < 4.78 is 40.7. The number of alkyl halides is 3. The summed E-state index contributed by atoms with van der Waals surface area (Å²) in [6, 6.07) is 7.50. The Labute approximate surface area is 173 Å². The van der Waals surface area contributed by atoms with Gasteiger partial charge < -0.3 is 4.90 Å². The van der Waals surface area contributed by atoms with Gasteiger partial charge in [-0.3, -0.25) is 9.48 Å². The lowest BCUT2D eigenvalue weighted by Gasteiger charge is -2.33. The third kappa shape index (κ3) is 5.01. The lowest BCUT2D eigenvalue weighted by Crippen LogP contribution is -2.44. The summed E-state index contributed by atoms with van der Waals surface area (Å²) in [6.45, 7) is 4.28. The van der Waals surface area contributed by atoms with E-state index in [1.807, 2.05) is 38.1 Å². The van der Waals surface area contributed by atoms with Gasteiger partial charge in [-0.2, -0.15) is 18.3 Å². The molecule has 0 saturated carbocycles. The van der Waals surface area contributed by atoms with Crippen LogP contribution < -0.4 is 0 Å². The van der Waals surface area contributed by atoms with Crippen LogP contribution in [0.15, 0.2) is 30.3 Å². The SMILES string of the molecule is Cc1nn(Cc2ccccc2Cl)c(C)c1/C=C/C(=O)N1CCCC(C(F)(F)F)C1. The molecule has 1 saturated heterocycles. The van der Waals surface area contributed by atoms with E-state index in [1.165, 1.54) is 11.0 Å². The van der Waals surface area contributed by atoms with Crippen molar-refractivity contribution in [2.75, 3.05) is 13.1 Å². The van der Waals surface area contributed by atoms with Crippen LogP contribution in [0.4, 0.5) is 13.2 Å². The second-order valence-electron chi connectivity index (χ2n) is 7.33. The number of carbonyl (C=O) groups excluding carboxylic acids is 1. The van der Waals surface area contributed by atoms with Gasteiger partial charge in [0.2, 0.25) is 5.91 Å². The number of benzene rings is 1. The van der Waals surface area contributed by atoms with E-state index in [0.717, 1.165) is 22.5 Å². The molecule has 1 atom stereocenters. The minimum absolute atomic E-state index is 0.0734. The second-order valence-corrected chi connectivity index (χ2v) is 7.74. The maximum absolute atomic E-state index is 13.0. The number of hydrogen-bond donors (Lipinski definition) is 0. The first-order chi connectivity index (χ1) is 13.7. The summed E-state index contributed by atoms with van der Waals surface area (Å²) in [6.07, 6.45) is -0.854. The zero-order chi connectivity index (χ0) is 21.2. The van der Waals surface area contributed by atoms with E-state index in [-0.39, 0.29) is 13.0 Å². The van der Waals surface area contributed by atoms with Crippen molar-refractivity contribution in [3.63, 3.8) is 0 Å². The topological polar surface area (TPSA) is 38.1 Å². The number of hydrogen-bond acceptors (Lipinski definition) is 2. The van der Waals surface area contributed by atoms with Crippen LogP contribution in [-0.2, 0) is 11.3 Å². The average molecular weight is 426 g/mol. The maximum Gasteiger partial charge on any atom is 0.393 e. The predicted octanol–water partition coefficient (Wildman–Crippen LogP) is 5.02. The van der Waals surface area contributed by atoms with E-state index in [4.69, 9.17) is 11.6 Å². The first-order valence-electron chi connectivity index (χ1n) is 9.48. The molecule has 1 unspecified atom stereocenters. The molecule has 1 aromatic heterocycles. The molecule has 1 fully saturated rings. The molecule has 4 nitrogen and oxygen atoms in total. The number of amides is 1. The highest BCUT2D eigenvalue weighted by molar-refractivity contribution is 6.31. The van der Waals surface area contributed by atoms with E-state index in [0.29, 0.717) is 24.5 Å². The van der Waals surface area contributed by atoms with Crippen molar-refractivity contribution in [3.05, 3.63) is 57.9 Å². The summed E-state index contributed by atoms with van der Waals surface area (Å²) in [4.78, 5) is 13.7. The Balaban J connectivity index is 1.73. The number of nitrogens with zero attached hydrogens (tertiary/aromatic N) is 3. The molecule has 0 spiro atoms. The van der Waals surface area contributed by atoms with Crippen molar-refractivity contribution in [3.8, 4) is 0 Å². The van der Waals surface area contributed by atoms with Crippen LogP contribution in [0, 0.1) is 19.8 Å². The third-order valence-electron chi connectivity index (χ3n) is 5.30. The quantitative estimate of drug-likeness (QED) is 0.645. The number of rotatable bonds is 4. The fraction of sp³-hybridized carbons (Fsp3) is 0.429. The third-order valence-corrected chi connectivity index (χ3v) is 5.67. The van der Waals surface area contributed by atoms with Crippen LogP contribution in [0.1, 0.15) is 35.4 Å². The van der Waals surface area contributed by atoms with E-state index in [2.05, 4.69) is 5.10 Å². The van der Waals surface area contributed by atoms with Gasteiger partial charge in [-0.25, -0.2) is 0 Å². The van der Waals surface area contributed by atoms with Gasteiger partial charge in [0.1, 0.15) is 0 Å². The first-order valence-corrected chi connectivity index (χ1v) is 9.85. The van der Waals surface area contributed by atoms with Gasteiger partial charge in [0.05, 0.1) is 18.2 Å². The maximum atomic E-state index is 13.0. The molecule has 0 radical (unpaired) electrons. The molecule has 1 aromatic carbocycles. The van der Waals surface area contributed by atoms with Crippen molar-refractivity contribution in [1.29, 1.82) is 0 Å². The molecule has 2 aromatic rings. The van der Waals surface area contributed by atoms with Gasteiger partial charge >= 0.3 is 6.18 Å². The molecule has 1 aliphatic heterocycles. The molecule has 2 heterocycles. The van der Waals surface area contributed by atoms with Gasteiger partial charge in [0.25, 0.3) is 0 Å². The molecule has 29 heavy (non-hydrogen) atoms.